The number of hydrogen-bond donors (Lipinski definition) is 1. The molecule has 0 saturated carbocycles. The number of aryl methyl sites for hydroxylation is 1. The maximum atomic E-state index is 13.4. The van der Waals surface area contributed by atoms with Gasteiger partial charge in [-0.05, 0) is 24.6 Å². The second kappa shape index (κ2) is 7.04. The molecule has 0 fully saturated rings. The van der Waals surface area contributed by atoms with Crippen LogP contribution in [0.2, 0.25) is 5.02 Å². The Bertz CT molecular complexity index is 700. The van der Waals surface area contributed by atoms with Crippen LogP contribution in [0.5, 0.6) is 0 Å². The standard InChI is InChI=1S/C15H14ClFN2O2/c16-11-6-7-14(20)19(10-11)9-3-8-18-15(21)12-4-1-2-5-13(12)17/h1-2,4-7,10H,3,8-9H2,(H,18,21). The molecule has 0 bridgehead atoms. The molecule has 1 heterocycles. The lowest BCUT2D eigenvalue weighted by Crippen LogP contribution is -2.27. The minimum Gasteiger partial charge on any atom is -0.352 e. The molecule has 21 heavy (non-hydrogen) atoms. The second-order valence-electron chi connectivity index (χ2n) is 4.47. The van der Waals surface area contributed by atoms with Crippen molar-refractivity contribution in [3.8, 4) is 0 Å². The Hall–Kier alpha value is -2.14. The number of nitrogens with one attached hydrogen (secondary N) is 1. The summed E-state index contributed by atoms with van der Waals surface area (Å²) in [6, 6.07) is 8.70. The number of carbonyl (C=O) groups is 1. The van der Waals surface area contributed by atoms with E-state index in [1.807, 2.05) is 0 Å². The lowest BCUT2D eigenvalue weighted by molar-refractivity contribution is 0.0948. The molecular formula is C15H14ClFN2O2. The zero-order valence-electron chi connectivity index (χ0n) is 11.2. The third kappa shape index (κ3) is 4.16. The lowest BCUT2D eigenvalue weighted by atomic mass is 10.2. The van der Waals surface area contributed by atoms with Crippen molar-refractivity contribution in [1.82, 2.24) is 9.88 Å². The molecular weight excluding hydrogens is 295 g/mol. The van der Waals surface area contributed by atoms with E-state index in [-0.39, 0.29) is 11.1 Å². The van der Waals surface area contributed by atoms with Crippen LogP contribution in [-0.2, 0) is 6.54 Å². The first kappa shape index (κ1) is 15.3. The van der Waals surface area contributed by atoms with E-state index in [2.05, 4.69) is 5.32 Å². The molecule has 110 valence electrons. The van der Waals surface area contributed by atoms with Gasteiger partial charge in [-0.1, -0.05) is 23.7 Å². The quantitative estimate of drug-likeness (QED) is 0.863. The maximum absolute atomic E-state index is 13.4. The summed E-state index contributed by atoms with van der Waals surface area (Å²) in [6.45, 7) is 0.767. The van der Waals surface area contributed by atoms with Gasteiger partial charge in [0.05, 0.1) is 10.6 Å². The lowest BCUT2D eigenvalue weighted by Gasteiger charge is -2.08. The summed E-state index contributed by atoms with van der Waals surface area (Å²) in [5.74, 6) is -1.02. The van der Waals surface area contributed by atoms with Crippen molar-refractivity contribution in [2.24, 2.45) is 0 Å². The largest absolute Gasteiger partial charge is 0.352 e. The molecule has 0 atom stereocenters. The summed E-state index contributed by atoms with van der Waals surface area (Å²) < 4.78 is 14.9. The fraction of sp³-hybridized carbons (Fsp3) is 0.200. The van der Waals surface area contributed by atoms with Gasteiger partial charge < -0.3 is 9.88 Å². The molecule has 0 unspecified atom stereocenters. The van der Waals surface area contributed by atoms with Gasteiger partial charge in [0.1, 0.15) is 5.82 Å². The average molecular weight is 309 g/mol. The van der Waals surface area contributed by atoms with Gasteiger partial charge in [0, 0.05) is 25.4 Å². The van der Waals surface area contributed by atoms with Crippen LogP contribution in [0.1, 0.15) is 16.8 Å². The van der Waals surface area contributed by atoms with Crippen LogP contribution >= 0.6 is 11.6 Å². The van der Waals surface area contributed by atoms with Crippen LogP contribution in [0, 0.1) is 5.82 Å². The number of benzene rings is 1. The van der Waals surface area contributed by atoms with E-state index < -0.39 is 11.7 Å². The van der Waals surface area contributed by atoms with Crippen LogP contribution in [0.3, 0.4) is 0 Å². The van der Waals surface area contributed by atoms with E-state index in [1.165, 1.54) is 34.9 Å². The Morgan fingerprint density at radius 1 is 1.24 bits per heavy atom. The van der Waals surface area contributed by atoms with Crippen molar-refractivity contribution in [2.45, 2.75) is 13.0 Å². The molecule has 0 spiro atoms. The fourth-order valence-electron chi connectivity index (χ4n) is 1.87. The first-order chi connectivity index (χ1) is 10.1. The molecule has 6 heteroatoms. The number of amides is 1. The maximum Gasteiger partial charge on any atom is 0.254 e. The van der Waals surface area contributed by atoms with Crippen molar-refractivity contribution < 1.29 is 9.18 Å². The van der Waals surface area contributed by atoms with E-state index in [4.69, 9.17) is 11.6 Å². The summed E-state index contributed by atoms with van der Waals surface area (Å²) in [5.41, 5.74) is -0.141. The zero-order chi connectivity index (χ0) is 15.2. The molecule has 1 aromatic heterocycles. The highest BCUT2D eigenvalue weighted by Gasteiger charge is 2.09. The van der Waals surface area contributed by atoms with Gasteiger partial charge >= 0.3 is 0 Å². The molecule has 0 aliphatic carbocycles. The van der Waals surface area contributed by atoms with Crippen LogP contribution in [0.4, 0.5) is 4.39 Å². The zero-order valence-corrected chi connectivity index (χ0v) is 11.9. The molecule has 0 aliphatic rings. The Morgan fingerprint density at radius 2 is 2.00 bits per heavy atom. The van der Waals surface area contributed by atoms with Gasteiger partial charge in [0.15, 0.2) is 0 Å². The minimum absolute atomic E-state index is 0.0115. The first-order valence-electron chi connectivity index (χ1n) is 6.46. The van der Waals surface area contributed by atoms with E-state index in [9.17, 15) is 14.0 Å². The minimum atomic E-state index is -0.555. The van der Waals surface area contributed by atoms with Crippen molar-refractivity contribution in [3.05, 3.63) is 69.4 Å². The summed E-state index contributed by atoms with van der Waals surface area (Å²) in [4.78, 5) is 23.3. The van der Waals surface area contributed by atoms with E-state index in [0.717, 1.165) is 0 Å². The van der Waals surface area contributed by atoms with Crippen LogP contribution in [0.25, 0.3) is 0 Å². The molecule has 0 saturated heterocycles. The summed E-state index contributed by atoms with van der Waals surface area (Å²) in [7, 11) is 0. The van der Waals surface area contributed by atoms with Crippen molar-refractivity contribution in [2.75, 3.05) is 6.54 Å². The van der Waals surface area contributed by atoms with E-state index >= 15 is 0 Å². The van der Waals surface area contributed by atoms with E-state index in [0.29, 0.717) is 24.5 Å². The molecule has 1 N–H and O–H groups in total. The number of rotatable bonds is 5. The SMILES string of the molecule is O=C(NCCCn1cc(Cl)ccc1=O)c1ccccc1F. The molecule has 2 aromatic rings. The average Bonchev–Trinajstić information content (AvgIpc) is 2.47. The highest BCUT2D eigenvalue weighted by atomic mass is 35.5. The van der Waals surface area contributed by atoms with E-state index in [1.54, 1.807) is 12.3 Å². The second-order valence-corrected chi connectivity index (χ2v) is 4.90. The van der Waals surface area contributed by atoms with Gasteiger partial charge in [-0.3, -0.25) is 9.59 Å². The van der Waals surface area contributed by atoms with Crippen molar-refractivity contribution in [1.29, 1.82) is 0 Å². The predicted octanol–water partition coefficient (Wildman–Crippen LogP) is 2.46. The summed E-state index contributed by atoms with van der Waals surface area (Å²) in [5, 5.41) is 3.09. The van der Waals surface area contributed by atoms with Crippen LogP contribution in [-0.4, -0.2) is 17.0 Å². The van der Waals surface area contributed by atoms with Gasteiger partial charge in [-0.15, -0.1) is 0 Å². The Labute approximate surface area is 126 Å². The molecule has 0 radical (unpaired) electrons. The van der Waals surface area contributed by atoms with Gasteiger partial charge in [0.2, 0.25) is 0 Å². The van der Waals surface area contributed by atoms with Gasteiger partial charge in [0.25, 0.3) is 11.5 Å². The molecule has 0 aliphatic heterocycles. The van der Waals surface area contributed by atoms with Gasteiger partial charge in [-0.25, -0.2) is 4.39 Å². The Kier molecular flexibility index (Phi) is 5.11. The third-order valence-corrected chi connectivity index (χ3v) is 3.15. The van der Waals surface area contributed by atoms with Crippen LogP contribution in [0.15, 0.2) is 47.4 Å². The number of pyridine rings is 1. The smallest absolute Gasteiger partial charge is 0.254 e. The number of halogens is 2. The number of nitrogens with zero attached hydrogens (tertiary/aromatic N) is 1. The highest BCUT2D eigenvalue weighted by molar-refractivity contribution is 6.30. The number of hydrogen-bond acceptors (Lipinski definition) is 2. The Balaban J connectivity index is 1.85. The molecule has 4 nitrogen and oxygen atoms in total. The van der Waals surface area contributed by atoms with Gasteiger partial charge in [-0.2, -0.15) is 0 Å². The summed E-state index contributed by atoms with van der Waals surface area (Å²) in [6.07, 6.45) is 2.09. The topological polar surface area (TPSA) is 51.1 Å². The summed E-state index contributed by atoms with van der Waals surface area (Å²) >= 11 is 5.81. The number of aromatic nitrogens is 1. The Morgan fingerprint density at radius 3 is 2.76 bits per heavy atom. The van der Waals surface area contributed by atoms with Crippen molar-refractivity contribution in [3.63, 3.8) is 0 Å². The molecule has 1 aromatic carbocycles. The fourth-order valence-corrected chi connectivity index (χ4v) is 2.05. The molecule has 1 amide bonds. The third-order valence-electron chi connectivity index (χ3n) is 2.93. The molecule has 2 rings (SSSR count). The first-order valence-corrected chi connectivity index (χ1v) is 6.84. The van der Waals surface area contributed by atoms with Crippen molar-refractivity contribution >= 4 is 17.5 Å². The predicted molar refractivity (Wildman–Crippen MR) is 79.1 cm³/mol. The normalized spacial score (nSPS) is 10.4. The number of carbonyl (C=O) groups excluding carboxylic acids is 1. The monoisotopic (exact) mass is 308 g/mol. The van der Waals surface area contributed by atoms with Crippen LogP contribution < -0.4 is 10.9 Å². The highest BCUT2D eigenvalue weighted by Crippen LogP contribution is 2.06.